The predicted molar refractivity (Wildman–Crippen MR) is 130 cm³/mol. The Labute approximate surface area is 209 Å². The van der Waals surface area contributed by atoms with Gasteiger partial charge in [-0.3, -0.25) is 4.79 Å². The number of fused-ring (bicyclic) bond motifs is 1. The van der Waals surface area contributed by atoms with Crippen molar-refractivity contribution in [3.8, 4) is 0 Å². The van der Waals surface area contributed by atoms with Crippen molar-refractivity contribution in [3.63, 3.8) is 0 Å². The number of rotatable bonds is 6. The number of nitrogens with zero attached hydrogens (tertiary/aromatic N) is 1. The lowest BCUT2D eigenvalue weighted by molar-refractivity contribution is -0.119. The van der Waals surface area contributed by atoms with Crippen molar-refractivity contribution in [1.82, 2.24) is 4.31 Å². The van der Waals surface area contributed by atoms with Crippen molar-refractivity contribution in [2.24, 2.45) is 0 Å². The first kappa shape index (κ1) is 24.3. The molecule has 1 N–H and O–H groups in total. The van der Waals surface area contributed by atoms with Gasteiger partial charge in [0.2, 0.25) is 10.0 Å². The van der Waals surface area contributed by atoms with Gasteiger partial charge in [0, 0.05) is 33.9 Å². The van der Waals surface area contributed by atoms with Gasteiger partial charge in [-0.2, -0.15) is 4.31 Å². The fourth-order valence-electron chi connectivity index (χ4n) is 3.42. The number of carbonyl (C=O) groups excluding carboxylic acids is 2. The van der Waals surface area contributed by atoms with Gasteiger partial charge in [-0.1, -0.05) is 34.8 Å². The van der Waals surface area contributed by atoms with Crippen LogP contribution in [-0.4, -0.2) is 44.3 Å². The maximum absolute atomic E-state index is 12.6. The van der Waals surface area contributed by atoms with E-state index < -0.39 is 28.5 Å². The van der Waals surface area contributed by atoms with Gasteiger partial charge in [-0.25, -0.2) is 13.2 Å². The molecule has 0 spiro atoms. The summed E-state index contributed by atoms with van der Waals surface area (Å²) in [6, 6.07) is 8.99. The Morgan fingerprint density at radius 2 is 1.73 bits per heavy atom. The highest BCUT2D eigenvalue weighted by molar-refractivity contribution is 7.89. The number of hydrogen-bond acceptors (Lipinski definition) is 6. The summed E-state index contributed by atoms with van der Waals surface area (Å²) >= 11 is 19.5. The molecule has 12 heteroatoms. The van der Waals surface area contributed by atoms with Crippen LogP contribution in [0, 0.1) is 0 Å². The minimum atomic E-state index is -3.53. The maximum Gasteiger partial charge on any atom is 0.350 e. The quantitative estimate of drug-likeness (QED) is 0.415. The van der Waals surface area contributed by atoms with E-state index in [0.717, 1.165) is 24.2 Å². The van der Waals surface area contributed by atoms with Crippen molar-refractivity contribution < 1.29 is 22.7 Å². The van der Waals surface area contributed by atoms with E-state index in [2.05, 4.69) is 5.32 Å². The van der Waals surface area contributed by atoms with Crippen LogP contribution in [0.2, 0.25) is 15.1 Å². The zero-order valence-corrected chi connectivity index (χ0v) is 20.8. The summed E-state index contributed by atoms with van der Waals surface area (Å²) in [4.78, 5) is 24.9. The lowest BCUT2D eigenvalue weighted by Gasteiger charge is -2.15. The number of ether oxygens (including phenoxy) is 1. The summed E-state index contributed by atoms with van der Waals surface area (Å²) in [5, 5.41) is 3.91. The first-order valence-corrected chi connectivity index (χ1v) is 13.2. The van der Waals surface area contributed by atoms with Crippen LogP contribution < -0.4 is 5.32 Å². The summed E-state index contributed by atoms with van der Waals surface area (Å²) in [7, 11) is -3.53. The third kappa shape index (κ3) is 5.13. The Balaban J connectivity index is 1.38. The molecule has 0 atom stereocenters. The Morgan fingerprint density at radius 3 is 2.39 bits per heavy atom. The predicted octanol–water partition coefficient (Wildman–Crippen LogP) is 5.44. The van der Waals surface area contributed by atoms with Crippen LogP contribution in [-0.2, 0) is 19.6 Å². The zero-order valence-electron chi connectivity index (χ0n) is 16.9. The van der Waals surface area contributed by atoms with E-state index in [9.17, 15) is 18.0 Å². The van der Waals surface area contributed by atoms with Crippen molar-refractivity contribution in [1.29, 1.82) is 0 Å². The summed E-state index contributed by atoms with van der Waals surface area (Å²) in [6.07, 6.45) is 1.69. The lowest BCUT2D eigenvalue weighted by Crippen LogP contribution is -2.27. The SMILES string of the molecule is O=C(COC(=O)c1sc2cc(Cl)cc(Cl)c2c1Cl)Nc1ccc(S(=O)(=O)N2CCCC2)cc1. The number of carbonyl (C=O) groups is 2. The smallest absolute Gasteiger partial charge is 0.350 e. The van der Waals surface area contributed by atoms with Crippen molar-refractivity contribution >= 4 is 83.8 Å². The molecule has 2 heterocycles. The van der Waals surface area contributed by atoms with Crippen LogP contribution in [0.15, 0.2) is 41.3 Å². The fraction of sp³-hybridized carbons (Fsp3) is 0.238. The van der Waals surface area contributed by atoms with Crippen LogP contribution in [0.1, 0.15) is 22.5 Å². The number of halogens is 3. The van der Waals surface area contributed by atoms with Gasteiger partial charge in [-0.05, 0) is 49.2 Å². The maximum atomic E-state index is 12.6. The van der Waals surface area contributed by atoms with Crippen LogP contribution in [0.3, 0.4) is 0 Å². The molecule has 1 saturated heterocycles. The number of thiophene rings is 1. The molecular weight excluding hydrogens is 531 g/mol. The summed E-state index contributed by atoms with van der Waals surface area (Å²) < 4.78 is 32.3. The van der Waals surface area contributed by atoms with E-state index in [0.29, 0.717) is 38.9 Å². The number of nitrogens with one attached hydrogen (secondary N) is 1. The van der Waals surface area contributed by atoms with Crippen molar-refractivity contribution in [2.75, 3.05) is 25.0 Å². The number of hydrogen-bond donors (Lipinski definition) is 1. The van der Waals surface area contributed by atoms with Gasteiger partial charge in [0.1, 0.15) is 4.88 Å². The lowest BCUT2D eigenvalue weighted by atomic mass is 10.2. The molecule has 2 aromatic carbocycles. The highest BCUT2D eigenvalue weighted by Crippen LogP contribution is 2.41. The minimum absolute atomic E-state index is 0.111. The molecule has 0 radical (unpaired) electrons. The molecule has 3 aromatic rings. The number of benzene rings is 2. The summed E-state index contributed by atoms with van der Waals surface area (Å²) in [5.74, 6) is -1.35. The molecule has 1 aliphatic rings. The minimum Gasteiger partial charge on any atom is -0.451 e. The second-order valence-corrected chi connectivity index (χ2v) is 11.5. The third-order valence-electron chi connectivity index (χ3n) is 5.01. The Bertz CT molecular complexity index is 1330. The zero-order chi connectivity index (χ0) is 23.8. The van der Waals surface area contributed by atoms with Crippen LogP contribution in [0.4, 0.5) is 5.69 Å². The number of amides is 1. The van der Waals surface area contributed by atoms with E-state index in [4.69, 9.17) is 39.5 Å². The largest absolute Gasteiger partial charge is 0.451 e. The highest BCUT2D eigenvalue weighted by atomic mass is 35.5. The molecule has 1 aliphatic heterocycles. The van der Waals surface area contributed by atoms with E-state index in [1.54, 1.807) is 6.07 Å². The normalized spacial score (nSPS) is 14.5. The van der Waals surface area contributed by atoms with Crippen molar-refractivity contribution in [2.45, 2.75) is 17.7 Å². The molecule has 0 bridgehead atoms. The van der Waals surface area contributed by atoms with Crippen LogP contribution in [0.25, 0.3) is 10.1 Å². The first-order valence-electron chi connectivity index (χ1n) is 9.81. The Morgan fingerprint density at radius 1 is 1.06 bits per heavy atom. The molecule has 1 fully saturated rings. The molecule has 174 valence electrons. The molecular formula is C21H17Cl3N2O5S2. The molecule has 7 nitrogen and oxygen atoms in total. The van der Waals surface area contributed by atoms with E-state index >= 15 is 0 Å². The molecule has 4 rings (SSSR count). The van der Waals surface area contributed by atoms with E-state index in [-0.39, 0.29) is 14.8 Å². The highest BCUT2D eigenvalue weighted by Gasteiger charge is 2.27. The standard InChI is InChI=1S/C21H17Cl3N2O5S2/c22-12-9-15(23)18-16(10-12)32-20(19(18)24)21(28)31-11-17(27)25-13-3-5-14(6-4-13)33(29,30)26-7-1-2-8-26/h3-6,9-10H,1-2,7-8,11H2,(H,25,27). The van der Waals surface area contributed by atoms with Gasteiger partial charge in [0.25, 0.3) is 5.91 Å². The molecule has 0 aliphatic carbocycles. The second-order valence-electron chi connectivity index (χ2n) is 7.27. The summed E-state index contributed by atoms with van der Waals surface area (Å²) in [5.41, 5.74) is 0.373. The number of sulfonamides is 1. The molecule has 1 amide bonds. The van der Waals surface area contributed by atoms with Gasteiger partial charge in [-0.15, -0.1) is 11.3 Å². The first-order chi connectivity index (χ1) is 15.7. The van der Waals surface area contributed by atoms with Gasteiger partial charge in [0.05, 0.1) is 14.9 Å². The molecule has 1 aromatic heterocycles. The fourth-order valence-corrected chi connectivity index (χ4v) is 7.20. The Kier molecular flexibility index (Phi) is 7.18. The topological polar surface area (TPSA) is 92.8 Å². The molecule has 0 unspecified atom stereocenters. The number of anilines is 1. The monoisotopic (exact) mass is 546 g/mol. The number of esters is 1. The summed E-state index contributed by atoms with van der Waals surface area (Å²) in [6.45, 7) is 0.468. The Hall–Kier alpha value is -1.88. The van der Waals surface area contributed by atoms with Crippen molar-refractivity contribution in [3.05, 3.63) is 56.3 Å². The average molecular weight is 548 g/mol. The third-order valence-corrected chi connectivity index (χ3v) is 9.05. The second kappa shape index (κ2) is 9.77. The van der Waals surface area contributed by atoms with Crippen LogP contribution >= 0.6 is 46.1 Å². The average Bonchev–Trinajstić information content (AvgIpc) is 3.41. The van der Waals surface area contributed by atoms with Gasteiger partial charge < -0.3 is 10.1 Å². The van der Waals surface area contributed by atoms with E-state index in [1.165, 1.54) is 34.6 Å². The van der Waals surface area contributed by atoms with Gasteiger partial charge >= 0.3 is 5.97 Å². The van der Waals surface area contributed by atoms with Gasteiger partial charge in [0.15, 0.2) is 6.61 Å². The van der Waals surface area contributed by atoms with Crippen LogP contribution in [0.5, 0.6) is 0 Å². The van der Waals surface area contributed by atoms with E-state index in [1.807, 2.05) is 0 Å². The molecule has 0 saturated carbocycles. The molecule has 33 heavy (non-hydrogen) atoms.